The molecule has 0 radical (unpaired) electrons. The summed E-state index contributed by atoms with van der Waals surface area (Å²) in [5.41, 5.74) is 1.24. The highest BCUT2D eigenvalue weighted by Gasteiger charge is 2.25. The van der Waals surface area contributed by atoms with Crippen molar-refractivity contribution in [1.29, 1.82) is 0 Å². The van der Waals surface area contributed by atoms with E-state index in [2.05, 4.69) is 46.5 Å². The quantitative estimate of drug-likeness (QED) is 0.886. The van der Waals surface area contributed by atoms with Crippen LogP contribution in [0.25, 0.3) is 0 Å². The van der Waals surface area contributed by atoms with Crippen LogP contribution in [0.5, 0.6) is 0 Å². The number of halogens is 1. The van der Waals surface area contributed by atoms with E-state index in [1.807, 2.05) is 18.2 Å². The van der Waals surface area contributed by atoms with E-state index in [9.17, 15) is 4.79 Å². The minimum atomic E-state index is 0.159. The Labute approximate surface area is 129 Å². The van der Waals surface area contributed by atoms with Crippen molar-refractivity contribution < 1.29 is 4.79 Å². The lowest BCUT2D eigenvalue weighted by molar-refractivity contribution is -0.126. The van der Waals surface area contributed by atoms with Crippen LogP contribution in [-0.4, -0.2) is 24.5 Å². The topological polar surface area (TPSA) is 41.1 Å². The van der Waals surface area contributed by atoms with Gasteiger partial charge >= 0.3 is 0 Å². The summed E-state index contributed by atoms with van der Waals surface area (Å²) in [4.78, 5) is 12.3. The Bertz CT molecular complexity index is 464. The van der Waals surface area contributed by atoms with Gasteiger partial charge in [-0.2, -0.15) is 0 Å². The number of carbonyl (C=O) groups is 1. The first-order chi connectivity index (χ1) is 9.56. The van der Waals surface area contributed by atoms with Crippen LogP contribution in [0, 0.1) is 5.92 Å². The molecule has 4 heteroatoms. The molecular formula is C16H23BrN2O. The number of hydrogen-bond acceptors (Lipinski definition) is 2. The van der Waals surface area contributed by atoms with Gasteiger partial charge in [0.2, 0.25) is 5.91 Å². The van der Waals surface area contributed by atoms with Gasteiger partial charge in [0.1, 0.15) is 0 Å². The van der Waals surface area contributed by atoms with Crippen molar-refractivity contribution in [3.63, 3.8) is 0 Å². The van der Waals surface area contributed by atoms with Crippen molar-refractivity contribution >= 4 is 21.8 Å². The molecule has 0 aliphatic carbocycles. The van der Waals surface area contributed by atoms with Gasteiger partial charge < -0.3 is 10.6 Å². The van der Waals surface area contributed by atoms with Crippen LogP contribution < -0.4 is 10.6 Å². The number of piperidine rings is 1. The van der Waals surface area contributed by atoms with E-state index in [-0.39, 0.29) is 17.9 Å². The largest absolute Gasteiger partial charge is 0.353 e. The van der Waals surface area contributed by atoms with Crippen LogP contribution in [0.4, 0.5) is 0 Å². The Hall–Kier alpha value is -0.870. The van der Waals surface area contributed by atoms with Crippen LogP contribution in [0.15, 0.2) is 28.7 Å². The third kappa shape index (κ3) is 4.32. The Morgan fingerprint density at radius 2 is 2.25 bits per heavy atom. The number of rotatable bonds is 4. The zero-order valence-corrected chi connectivity index (χ0v) is 13.7. The van der Waals surface area contributed by atoms with Crippen molar-refractivity contribution in [3.05, 3.63) is 34.3 Å². The summed E-state index contributed by atoms with van der Waals surface area (Å²) in [5.74, 6) is 0.366. The molecule has 1 amide bonds. The summed E-state index contributed by atoms with van der Waals surface area (Å²) < 4.78 is 1.11. The minimum Gasteiger partial charge on any atom is -0.353 e. The number of nitrogens with one attached hydrogen (secondary N) is 2. The van der Waals surface area contributed by atoms with Gasteiger partial charge in [0.25, 0.3) is 0 Å². The maximum absolute atomic E-state index is 12.3. The molecule has 2 N–H and O–H groups in total. The SMILES string of the molecule is CC(Cc1ccccc1Br)NC(=O)[C@H]1CCN[C@@H](C)C1. The average molecular weight is 339 g/mol. The van der Waals surface area contributed by atoms with E-state index >= 15 is 0 Å². The molecule has 110 valence electrons. The molecule has 0 spiro atoms. The zero-order chi connectivity index (χ0) is 14.5. The second kappa shape index (κ2) is 7.23. The van der Waals surface area contributed by atoms with E-state index in [0.29, 0.717) is 6.04 Å². The van der Waals surface area contributed by atoms with Crippen LogP contribution >= 0.6 is 15.9 Å². The zero-order valence-electron chi connectivity index (χ0n) is 12.2. The predicted octanol–water partition coefficient (Wildman–Crippen LogP) is 2.88. The van der Waals surface area contributed by atoms with E-state index < -0.39 is 0 Å². The Kier molecular flexibility index (Phi) is 5.61. The molecule has 20 heavy (non-hydrogen) atoms. The highest BCUT2D eigenvalue weighted by Crippen LogP contribution is 2.19. The summed E-state index contributed by atoms with van der Waals surface area (Å²) >= 11 is 3.55. The maximum atomic E-state index is 12.3. The molecule has 1 saturated heterocycles. The van der Waals surface area contributed by atoms with Crippen molar-refractivity contribution in [2.75, 3.05) is 6.54 Å². The van der Waals surface area contributed by atoms with Crippen molar-refractivity contribution in [2.45, 2.75) is 45.2 Å². The van der Waals surface area contributed by atoms with Gasteiger partial charge in [0, 0.05) is 22.5 Å². The predicted molar refractivity (Wildman–Crippen MR) is 85.6 cm³/mol. The Morgan fingerprint density at radius 3 is 2.95 bits per heavy atom. The van der Waals surface area contributed by atoms with Crippen LogP contribution in [0.2, 0.25) is 0 Å². The first kappa shape index (κ1) is 15.5. The molecule has 0 saturated carbocycles. The smallest absolute Gasteiger partial charge is 0.223 e. The highest BCUT2D eigenvalue weighted by molar-refractivity contribution is 9.10. The molecule has 1 unspecified atom stereocenters. The van der Waals surface area contributed by atoms with E-state index in [1.165, 1.54) is 5.56 Å². The average Bonchev–Trinajstić information content (AvgIpc) is 2.41. The second-order valence-corrected chi connectivity index (χ2v) is 6.64. The van der Waals surface area contributed by atoms with E-state index in [1.54, 1.807) is 0 Å². The van der Waals surface area contributed by atoms with Crippen molar-refractivity contribution in [2.24, 2.45) is 5.92 Å². The summed E-state index contributed by atoms with van der Waals surface area (Å²) in [6, 6.07) is 8.78. The fourth-order valence-corrected chi connectivity index (χ4v) is 3.22. The third-order valence-electron chi connectivity index (χ3n) is 3.87. The fraction of sp³-hybridized carbons (Fsp3) is 0.562. The molecule has 0 bridgehead atoms. The van der Waals surface area contributed by atoms with Crippen LogP contribution in [0.3, 0.4) is 0 Å². The van der Waals surface area contributed by atoms with E-state index in [4.69, 9.17) is 0 Å². The lowest BCUT2D eigenvalue weighted by Crippen LogP contribution is -2.45. The molecule has 3 atom stereocenters. The van der Waals surface area contributed by atoms with Gasteiger partial charge in [0.15, 0.2) is 0 Å². The molecule has 1 aliphatic rings. The lowest BCUT2D eigenvalue weighted by Gasteiger charge is -2.28. The van der Waals surface area contributed by atoms with Gasteiger partial charge in [-0.15, -0.1) is 0 Å². The third-order valence-corrected chi connectivity index (χ3v) is 4.64. The van der Waals surface area contributed by atoms with E-state index in [0.717, 1.165) is 30.3 Å². The standard InChI is InChI=1S/C16H23BrN2O/c1-11-9-14(7-8-18-11)16(20)19-12(2)10-13-5-3-4-6-15(13)17/h3-6,11-12,14,18H,7-10H2,1-2H3,(H,19,20)/t11-,12?,14-/m0/s1. The molecule has 0 aromatic heterocycles. The number of carbonyl (C=O) groups excluding carboxylic acids is 1. The summed E-state index contributed by atoms with van der Waals surface area (Å²) in [5, 5.41) is 6.54. The molecule has 3 nitrogen and oxygen atoms in total. The first-order valence-corrected chi connectivity index (χ1v) is 8.12. The Morgan fingerprint density at radius 1 is 1.50 bits per heavy atom. The van der Waals surface area contributed by atoms with Crippen molar-refractivity contribution in [1.82, 2.24) is 10.6 Å². The molecule has 1 aromatic carbocycles. The van der Waals surface area contributed by atoms with Gasteiger partial charge in [-0.3, -0.25) is 4.79 Å². The van der Waals surface area contributed by atoms with Gasteiger partial charge in [-0.05, 0) is 51.3 Å². The molecule has 1 aliphatic heterocycles. The summed E-state index contributed by atoms with van der Waals surface area (Å²) in [7, 11) is 0. The molecule has 1 aromatic rings. The molecule has 1 fully saturated rings. The molecular weight excluding hydrogens is 316 g/mol. The molecule has 1 heterocycles. The molecule has 2 rings (SSSR count). The minimum absolute atomic E-state index is 0.159. The van der Waals surface area contributed by atoms with Crippen LogP contribution in [-0.2, 0) is 11.2 Å². The normalized spacial score (nSPS) is 24.1. The number of amides is 1. The van der Waals surface area contributed by atoms with Gasteiger partial charge in [-0.25, -0.2) is 0 Å². The monoisotopic (exact) mass is 338 g/mol. The maximum Gasteiger partial charge on any atom is 0.223 e. The fourth-order valence-electron chi connectivity index (χ4n) is 2.78. The highest BCUT2D eigenvalue weighted by atomic mass is 79.9. The van der Waals surface area contributed by atoms with Crippen LogP contribution in [0.1, 0.15) is 32.3 Å². The summed E-state index contributed by atoms with van der Waals surface area (Å²) in [6.07, 6.45) is 2.74. The lowest BCUT2D eigenvalue weighted by atomic mass is 9.92. The van der Waals surface area contributed by atoms with Gasteiger partial charge in [-0.1, -0.05) is 34.1 Å². The number of hydrogen-bond donors (Lipinski definition) is 2. The Balaban J connectivity index is 1.86. The second-order valence-electron chi connectivity index (χ2n) is 5.78. The number of benzene rings is 1. The summed E-state index contributed by atoms with van der Waals surface area (Å²) in [6.45, 7) is 5.16. The first-order valence-electron chi connectivity index (χ1n) is 7.33. The van der Waals surface area contributed by atoms with Gasteiger partial charge in [0.05, 0.1) is 0 Å². The van der Waals surface area contributed by atoms with Crippen molar-refractivity contribution in [3.8, 4) is 0 Å².